The molecule has 0 aliphatic carbocycles. The minimum Gasteiger partial charge on any atom is -0.478 e. The minimum atomic E-state index is -3.81. The smallest absolute Gasteiger partial charge is 0.265 e. The molecular formula is C24H35N3O5S. The highest BCUT2D eigenvalue weighted by Crippen LogP contribution is 2.37. The molecule has 0 bridgehead atoms. The number of rotatable bonds is 5. The minimum absolute atomic E-state index is 0.0976. The predicted molar refractivity (Wildman–Crippen MR) is 126 cm³/mol. The maximum absolute atomic E-state index is 13.6. The second-order valence-corrected chi connectivity index (χ2v) is 11.3. The summed E-state index contributed by atoms with van der Waals surface area (Å²) in [5, 5.41) is 2.81. The van der Waals surface area contributed by atoms with Crippen molar-refractivity contribution in [3.63, 3.8) is 0 Å². The van der Waals surface area contributed by atoms with Crippen molar-refractivity contribution in [3.8, 4) is 5.75 Å². The fourth-order valence-electron chi connectivity index (χ4n) is 5.28. The lowest BCUT2D eigenvalue weighted by Crippen LogP contribution is -2.51. The highest BCUT2D eigenvalue weighted by molar-refractivity contribution is 7.89. The highest BCUT2D eigenvalue weighted by atomic mass is 32.2. The van der Waals surface area contributed by atoms with Crippen LogP contribution in [0.4, 0.5) is 5.69 Å². The Morgan fingerprint density at radius 1 is 1.12 bits per heavy atom. The Morgan fingerprint density at radius 3 is 2.64 bits per heavy atom. The Kier molecular flexibility index (Phi) is 7.00. The second-order valence-electron chi connectivity index (χ2n) is 9.41. The molecule has 0 radical (unpaired) electrons. The molecule has 0 spiro atoms. The quantitative estimate of drug-likeness (QED) is 0.702. The molecule has 0 saturated carbocycles. The summed E-state index contributed by atoms with van der Waals surface area (Å²) in [6.07, 6.45) is 5.36. The topological polar surface area (TPSA) is 96.0 Å². The number of hydrogen-bond acceptors (Lipinski definition) is 5. The van der Waals surface area contributed by atoms with Crippen molar-refractivity contribution in [1.82, 2.24) is 9.21 Å². The van der Waals surface area contributed by atoms with Crippen molar-refractivity contribution in [1.29, 1.82) is 0 Å². The first-order valence-corrected chi connectivity index (χ1v) is 13.6. The van der Waals surface area contributed by atoms with Gasteiger partial charge in [-0.05, 0) is 63.5 Å². The van der Waals surface area contributed by atoms with Crippen LogP contribution in [0.25, 0.3) is 0 Å². The van der Waals surface area contributed by atoms with E-state index in [0.29, 0.717) is 42.8 Å². The Labute approximate surface area is 196 Å². The first-order chi connectivity index (χ1) is 15.8. The molecule has 0 aromatic heterocycles. The molecule has 3 heterocycles. The molecule has 2 saturated heterocycles. The molecule has 33 heavy (non-hydrogen) atoms. The SMILES string of the molecule is CC[C@@H]1CCCCN1C(=O)[C@@H]1CCCN(S(=O)(=O)c2cc3c(cc2C)NC(=O)[C@H](CC)O3)C1. The van der Waals surface area contributed by atoms with Gasteiger partial charge in [-0.3, -0.25) is 9.59 Å². The summed E-state index contributed by atoms with van der Waals surface area (Å²) in [5.41, 5.74) is 1.03. The third kappa shape index (κ3) is 4.62. The van der Waals surface area contributed by atoms with Crippen molar-refractivity contribution in [2.75, 3.05) is 25.0 Å². The number of nitrogens with zero attached hydrogens (tertiary/aromatic N) is 2. The Morgan fingerprint density at radius 2 is 1.91 bits per heavy atom. The van der Waals surface area contributed by atoms with E-state index in [9.17, 15) is 18.0 Å². The molecule has 9 heteroatoms. The Hall–Kier alpha value is -2.13. The normalized spacial score (nSPS) is 26.3. The van der Waals surface area contributed by atoms with Gasteiger partial charge in [0.05, 0.1) is 16.5 Å². The van der Waals surface area contributed by atoms with E-state index in [2.05, 4.69) is 12.2 Å². The Bertz CT molecular complexity index is 1030. The fraction of sp³-hybridized carbons (Fsp3) is 0.667. The standard InChI is InChI=1S/C24H35N3O5S/c1-4-18-10-6-7-12-27(18)24(29)17-9-8-11-26(15-17)33(30,31)22-14-21-19(13-16(22)3)25-23(28)20(5-2)32-21/h13-14,17-18,20H,4-12,15H2,1-3H3,(H,25,28)/t17-,18-,20+/m1/s1. The lowest BCUT2D eigenvalue weighted by atomic mass is 9.93. The molecular weight excluding hydrogens is 442 g/mol. The fourth-order valence-corrected chi connectivity index (χ4v) is 7.03. The van der Waals surface area contributed by atoms with Crippen LogP contribution >= 0.6 is 0 Å². The van der Waals surface area contributed by atoms with Crippen LogP contribution in [0.15, 0.2) is 17.0 Å². The lowest BCUT2D eigenvalue weighted by molar-refractivity contribution is -0.140. The zero-order chi connectivity index (χ0) is 23.8. The van der Waals surface area contributed by atoms with Crippen LogP contribution in [0.2, 0.25) is 0 Å². The monoisotopic (exact) mass is 477 g/mol. The first-order valence-electron chi connectivity index (χ1n) is 12.2. The summed E-state index contributed by atoms with van der Waals surface area (Å²) in [6, 6.07) is 3.43. The van der Waals surface area contributed by atoms with E-state index in [1.807, 2.05) is 11.8 Å². The van der Waals surface area contributed by atoms with Gasteiger partial charge < -0.3 is 15.0 Å². The molecule has 182 valence electrons. The van der Waals surface area contributed by atoms with Crippen LogP contribution in [0, 0.1) is 12.8 Å². The van der Waals surface area contributed by atoms with Gasteiger partial charge >= 0.3 is 0 Å². The number of piperidine rings is 2. The van der Waals surface area contributed by atoms with Gasteiger partial charge in [0, 0.05) is 31.7 Å². The predicted octanol–water partition coefficient (Wildman–Crippen LogP) is 3.30. The number of hydrogen-bond donors (Lipinski definition) is 1. The van der Waals surface area contributed by atoms with Gasteiger partial charge in [0.1, 0.15) is 5.75 Å². The van der Waals surface area contributed by atoms with E-state index in [-0.39, 0.29) is 35.2 Å². The number of benzene rings is 1. The van der Waals surface area contributed by atoms with Gasteiger partial charge in [-0.15, -0.1) is 0 Å². The molecule has 8 nitrogen and oxygen atoms in total. The van der Waals surface area contributed by atoms with Crippen LogP contribution in [-0.4, -0.2) is 61.2 Å². The summed E-state index contributed by atoms with van der Waals surface area (Å²) in [4.78, 5) is 27.6. The van der Waals surface area contributed by atoms with Gasteiger partial charge in [-0.1, -0.05) is 13.8 Å². The summed E-state index contributed by atoms with van der Waals surface area (Å²) >= 11 is 0. The van der Waals surface area contributed by atoms with E-state index in [4.69, 9.17) is 4.74 Å². The van der Waals surface area contributed by atoms with Gasteiger partial charge in [0.2, 0.25) is 15.9 Å². The summed E-state index contributed by atoms with van der Waals surface area (Å²) < 4.78 is 34.5. The maximum Gasteiger partial charge on any atom is 0.265 e. The van der Waals surface area contributed by atoms with E-state index < -0.39 is 16.1 Å². The Balaban J connectivity index is 1.56. The molecule has 0 unspecified atom stereocenters. The van der Waals surface area contributed by atoms with Crippen LogP contribution < -0.4 is 10.1 Å². The number of likely N-dealkylation sites (tertiary alicyclic amines) is 1. The molecule has 1 aromatic rings. The third-order valence-electron chi connectivity index (χ3n) is 7.20. The molecule has 4 rings (SSSR count). The highest BCUT2D eigenvalue weighted by Gasteiger charge is 2.38. The average molecular weight is 478 g/mol. The molecule has 3 aliphatic rings. The van der Waals surface area contributed by atoms with Gasteiger partial charge in [-0.2, -0.15) is 4.31 Å². The van der Waals surface area contributed by atoms with Crippen LogP contribution in [0.1, 0.15) is 64.4 Å². The zero-order valence-corrected chi connectivity index (χ0v) is 20.6. The van der Waals surface area contributed by atoms with Crippen LogP contribution in [-0.2, 0) is 19.6 Å². The van der Waals surface area contributed by atoms with E-state index >= 15 is 0 Å². The molecule has 1 N–H and O–H groups in total. The van der Waals surface area contributed by atoms with Gasteiger partial charge in [0.25, 0.3) is 5.91 Å². The van der Waals surface area contributed by atoms with Crippen LogP contribution in [0.5, 0.6) is 5.75 Å². The molecule has 1 aromatic carbocycles. The molecule has 2 amide bonds. The number of aryl methyl sites for hydroxylation is 1. The molecule has 3 atom stereocenters. The van der Waals surface area contributed by atoms with Gasteiger partial charge in [0.15, 0.2) is 6.10 Å². The van der Waals surface area contributed by atoms with Crippen LogP contribution in [0.3, 0.4) is 0 Å². The maximum atomic E-state index is 13.6. The number of carbonyl (C=O) groups excluding carboxylic acids is 2. The number of fused-ring (bicyclic) bond motifs is 1. The van der Waals surface area contributed by atoms with Crippen molar-refractivity contribution >= 4 is 27.5 Å². The van der Waals surface area contributed by atoms with Crippen molar-refractivity contribution in [2.45, 2.75) is 82.8 Å². The second kappa shape index (κ2) is 9.62. The number of carbonyl (C=O) groups is 2. The zero-order valence-electron chi connectivity index (χ0n) is 19.8. The van der Waals surface area contributed by atoms with Gasteiger partial charge in [-0.25, -0.2) is 8.42 Å². The van der Waals surface area contributed by atoms with E-state index in [1.165, 1.54) is 10.4 Å². The first kappa shape index (κ1) is 24.0. The largest absolute Gasteiger partial charge is 0.478 e. The summed E-state index contributed by atoms with van der Waals surface area (Å²) in [5.74, 6) is -0.0612. The molecule has 3 aliphatic heterocycles. The van der Waals surface area contributed by atoms with Crippen molar-refractivity contribution < 1.29 is 22.7 Å². The number of amides is 2. The van der Waals surface area contributed by atoms with Crippen molar-refractivity contribution in [2.24, 2.45) is 5.92 Å². The average Bonchev–Trinajstić information content (AvgIpc) is 2.82. The third-order valence-corrected chi connectivity index (χ3v) is 9.21. The molecule has 2 fully saturated rings. The van der Waals surface area contributed by atoms with E-state index in [0.717, 1.165) is 32.2 Å². The number of sulfonamides is 1. The summed E-state index contributed by atoms with van der Waals surface area (Å²) in [6.45, 7) is 7.05. The number of anilines is 1. The number of ether oxygens (including phenoxy) is 1. The summed E-state index contributed by atoms with van der Waals surface area (Å²) in [7, 11) is -3.81. The lowest BCUT2D eigenvalue weighted by Gasteiger charge is -2.40. The number of nitrogens with one attached hydrogen (secondary N) is 1. The van der Waals surface area contributed by atoms with E-state index in [1.54, 1.807) is 13.0 Å². The van der Waals surface area contributed by atoms with Crippen molar-refractivity contribution in [3.05, 3.63) is 17.7 Å².